The number of aromatic amines is 2. The molecule has 0 aliphatic carbocycles. The van der Waals surface area contributed by atoms with Gasteiger partial charge in [0.2, 0.25) is 5.91 Å². The Balaban J connectivity index is 1.20. The fourth-order valence-corrected chi connectivity index (χ4v) is 5.14. The molecule has 1 amide bonds. The lowest BCUT2D eigenvalue weighted by molar-refractivity contribution is -0.122. The van der Waals surface area contributed by atoms with Crippen LogP contribution < -0.4 is 15.6 Å². The molecule has 2 atom stereocenters. The van der Waals surface area contributed by atoms with Gasteiger partial charge in [0.05, 0.1) is 23.5 Å². The molecule has 5 aromatic rings. The lowest BCUT2D eigenvalue weighted by Gasteiger charge is -2.17. The van der Waals surface area contributed by atoms with Crippen molar-refractivity contribution < 1.29 is 9.53 Å². The van der Waals surface area contributed by atoms with Crippen molar-refractivity contribution in [2.75, 3.05) is 6.54 Å². The minimum absolute atomic E-state index is 0.185. The maximum absolute atomic E-state index is 13.0. The highest BCUT2D eigenvalue weighted by atomic mass is 35.5. The smallest absolute Gasteiger partial charge is 0.272 e. The van der Waals surface area contributed by atoms with Crippen molar-refractivity contribution in [1.29, 1.82) is 0 Å². The Morgan fingerprint density at radius 1 is 1.17 bits per heavy atom. The van der Waals surface area contributed by atoms with Crippen LogP contribution in [0.5, 0.6) is 5.75 Å². The van der Waals surface area contributed by atoms with Gasteiger partial charge in [0.1, 0.15) is 11.9 Å². The Bertz CT molecular complexity index is 1690. The average Bonchev–Trinajstić information content (AvgIpc) is 3.53. The van der Waals surface area contributed by atoms with E-state index >= 15 is 0 Å². The molecule has 8 heteroatoms. The van der Waals surface area contributed by atoms with Gasteiger partial charge in [-0.15, -0.1) is 0 Å². The summed E-state index contributed by atoms with van der Waals surface area (Å²) in [6.07, 6.45) is 2.34. The zero-order valence-corrected chi connectivity index (χ0v) is 20.2. The highest BCUT2D eigenvalue weighted by molar-refractivity contribution is 6.31. The molecule has 6 rings (SSSR count). The Morgan fingerprint density at radius 2 is 2.00 bits per heavy atom. The first-order valence-electron chi connectivity index (χ1n) is 11.8. The van der Waals surface area contributed by atoms with Gasteiger partial charge in [-0.25, -0.2) is 5.10 Å². The van der Waals surface area contributed by atoms with Crippen LogP contribution in [0.4, 0.5) is 0 Å². The fraction of sp³-hybridized carbons (Fsp3) is 0.179. The van der Waals surface area contributed by atoms with Crippen LogP contribution in [-0.2, 0) is 11.2 Å². The summed E-state index contributed by atoms with van der Waals surface area (Å²) in [5, 5.41) is 12.6. The predicted molar refractivity (Wildman–Crippen MR) is 141 cm³/mol. The Hall–Kier alpha value is -4.10. The second-order valence-electron chi connectivity index (χ2n) is 9.12. The topological polar surface area (TPSA) is 99.9 Å². The largest absolute Gasteiger partial charge is 0.487 e. The molecule has 0 unspecified atom stereocenters. The van der Waals surface area contributed by atoms with Crippen molar-refractivity contribution in [1.82, 2.24) is 20.5 Å². The van der Waals surface area contributed by atoms with Gasteiger partial charge in [-0.2, -0.15) is 5.10 Å². The van der Waals surface area contributed by atoms with Crippen LogP contribution in [0.3, 0.4) is 0 Å². The molecule has 2 aromatic heterocycles. The van der Waals surface area contributed by atoms with Crippen LogP contribution >= 0.6 is 11.6 Å². The summed E-state index contributed by atoms with van der Waals surface area (Å²) in [5.74, 6) is 0.0684. The van der Waals surface area contributed by atoms with E-state index in [9.17, 15) is 9.59 Å². The molecule has 0 bridgehead atoms. The van der Waals surface area contributed by atoms with Gasteiger partial charge in [0.15, 0.2) is 0 Å². The van der Waals surface area contributed by atoms with Crippen LogP contribution in [0.1, 0.15) is 24.1 Å². The number of fused-ring (bicyclic) bond motifs is 3. The third-order valence-electron chi connectivity index (χ3n) is 6.76. The molecule has 180 valence electrons. The van der Waals surface area contributed by atoms with Crippen LogP contribution in [0.15, 0.2) is 71.7 Å². The lowest BCUT2D eigenvalue weighted by Crippen LogP contribution is -2.37. The number of carbonyl (C=O) groups excluding carboxylic acids is 1. The average molecular weight is 499 g/mol. The van der Waals surface area contributed by atoms with E-state index in [-0.39, 0.29) is 17.6 Å². The predicted octanol–water partition coefficient (Wildman–Crippen LogP) is 4.95. The number of halogens is 1. The number of nitrogens with one attached hydrogen (secondary N) is 3. The van der Waals surface area contributed by atoms with E-state index in [1.54, 1.807) is 19.1 Å². The molecule has 36 heavy (non-hydrogen) atoms. The molecule has 3 N–H and O–H groups in total. The first-order chi connectivity index (χ1) is 17.5. The SMILES string of the molecule is C[C@H](C(=O)NC[C@H]1Cc2cc(Cl)cc(-c3ccc4[nH]ccc4c3)c2O1)c1n[nH]c(=O)c2ccccc12. The third kappa shape index (κ3) is 3.91. The number of nitrogens with zero attached hydrogens (tertiary/aromatic N) is 1. The van der Waals surface area contributed by atoms with Crippen molar-refractivity contribution in [3.05, 3.63) is 93.5 Å². The molecule has 3 heterocycles. The van der Waals surface area contributed by atoms with Gasteiger partial charge in [-0.3, -0.25) is 9.59 Å². The Kier molecular flexibility index (Phi) is 5.49. The number of rotatable bonds is 5. The molecule has 1 aliphatic rings. The molecule has 0 spiro atoms. The highest BCUT2D eigenvalue weighted by Crippen LogP contribution is 2.41. The maximum Gasteiger partial charge on any atom is 0.272 e. The van der Waals surface area contributed by atoms with Gasteiger partial charge in [0, 0.05) is 39.7 Å². The monoisotopic (exact) mass is 498 g/mol. The molecular weight excluding hydrogens is 476 g/mol. The second kappa shape index (κ2) is 8.84. The van der Waals surface area contributed by atoms with Crippen LogP contribution in [0.25, 0.3) is 32.8 Å². The Labute approximate surface area is 211 Å². The standard InChI is InChI=1S/C28H23ClN4O3/c1-15(25-21-4-2-3-5-22(21)28(35)33-32-25)27(34)31-14-20-12-18-11-19(29)13-23(26(18)36-20)16-6-7-24-17(10-16)8-9-30-24/h2-11,13,15,20,30H,12,14H2,1H3,(H,31,34)(H,33,35)/t15-,20+/m0/s1. The zero-order chi connectivity index (χ0) is 24.8. The number of amides is 1. The quantitative estimate of drug-likeness (QED) is 0.319. The van der Waals surface area contributed by atoms with Gasteiger partial charge >= 0.3 is 0 Å². The minimum Gasteiger partial charge on any atom is -0.487 e. The van der Waals surface area contributed by atoms with Gasteiger partial charge in [-0.05, 0) is 54.3 Å². The Morgan fingerprint density at radius 3 is 2.86 bits per heavy atom. The van der Waals surface area contributed by atoms with E-state index in [0.717, 1.165) is 33.3 Å². The summed E-state index contributed by atoms with van der Waals surface area (Å²) in [6, 6.07) is 19.2. The summed E-state index contributed by atoms with van der Waals surface area (Å²) in [4.78, 5) is 28.3. The van der Waals surface area contributed by atoms with Crippen molar-refractivity contribution in [2.24, 2.45) is 0 Å². The number of aromatic nitrogens is 3. The van der Waals surface area contributed by atoms with E-state index < -0.39 is 5.92 Å². The van der Waals surface area contributed by atoms with Crippen LogP contribution in [0, 0.1) is 0 Å². The van der Waals surface area contributed by atoms with Gasteiger partial charge in [0.25, 0.3) is 5.56 Å². The zero-order valence-electron chi connectivity index (χ0n) is 19.5. The molecular formula is C28H23ClN4O3. The van der Waals surface area contributed by atoms with E-state index in [1.165, 1.54) is 0 Å². The van der Waals surface area contributed by atoms with Crippen molar-refractivity contribution in [3.8, 4) is 16.9 Å². The van der Waals surface area contributed by atoms with Crippen molar-refractivity contribution in [2.45, 2.75) is 25.4 Å². The van der Waals surface area contributed by atoms with E-state index in [1.807, 2.05) is 48.7 Å². The minimum atomic E-state index is -0.548. The maximum atomic E-state index is 13.0. The van der Waals surface area contributed by atoms with E-state index in [2.05, 4.69) is 26.6 Å². The normalized spacial score (nSPS) is 15.6. The number of ether oxygens (including phenoxy) is 1. The van der Waals surface area contributed by atoms with Gasteiger partial charge in [-0.1, -0.05) is 35.9 Å². The van der Waals surface area contributed by atoms with Crippen LogP contribution in [-0.4, -0.2) is 33.7 Å². The lowest BCUT2D eigenvalue weighted by atomic mass is 9.99. The van der Waals surface area contributed by atoms with Crippen LogP contribution in [0.2, 0.25) is 5.02 Å². The third-order valence-corrected chi connectivity index (χ3v) is 6.98. The molecule has 0 fully saturated rings. The summed E-state index contributed by atoms with van der Waals surface area (Å²) >= 11 is 6.46. The fourth-order valence-electron chi connectivity index (χ4n) is 4.90. The molecule has 7 nitrogen and oxygen atoms in total. The van der Waals surface area contributed by atoms with Crippen molar-refractivity contribution >= 4 is 39.2 Å². The summed E-state index contributed by atoms with van der Waals surface area (Å²) in [7, 11) is 0. The number of hydrogen-bond donors (Lipinski definition) is 3. The summed E-state index contributed by atoms with van der Waals surface area (Å²) in [5.41, 5.74) is 4.31. The number of H-pyrrole nitrogens is 2. The second-order valence-corrected chi connectivity index (χ2v) is 9.55. The number of hydrogen-bond acceptors (Lipinski definition) is 4. The highest BCUT2D eigenvalue weighted by Gasteiger charge is 2.28. The van der Waals surface area contributed by atoms with Gasteiger partial charge < -0.3 is 15.0 Å². The first-order valence-corrected chi connectivity index (χ1v) is 12.2. The van der Waals surface area contributed by atoms with E-state index in [4.69, 9.17) is 16.3 Å². The first kappa shape index (κ1) is 22.4. The number of carbonyl (C=O) groups is 1. The summed E-state index contributed by atoms with van der Waals surface area (Å²) in [6.45, 7) is 2.12. The van der Waals surface area contributed by atoms with E-state index in [0.29, 0.717) is 34.5 Å². The molecule has 3 aromatic carbocycles. The molecule has 0 radical (unpaired) electrons. The molecule has 0 saturated heterocycles. The molecule has 1 aliphatic heterocycles. The number of benzene rings is 3. The molecule has 0 saturated carbocycles. The summed E-state index contributed by atoms with van der Waals surface area (Å²) < 4.78 is 6.32. The van der Waals surface area contributed by atoms with Crippen molar-refractivity contribution in [3.63, 3.8) is 0 Å².